The number of ether oxygens (including phenoxy) is 1. The lowest BCUT2D eigenvalue weighted by molar-refractivity contribution is -0.112. The molecule has 1 heterocycles. The highest BCUT2D eigenvalue weighted by molar-refractivity contribution is 8.04. The average Bonchev–Trinajstić information content (AvgIpc) is 3.34. The SMILES string of the molecule is C/C=C\C1=C(/C=C/C(=O)Nc2c(C)cccc2Cl)SC(NCN[C@H](C)c2ccc(C)cc2)N1.C=O.C=O.COC. The number of benzene rings is 2. The maximum absolute atomic E-state index is 12.5. The van der Waals surface area contributed by atoms with Crippen LogP contribution in [0, 0.1) is 13.8 Å². The first kappa shape index (κ1) is 36.8. The quantitative estimate of drug-likeness (QED) is 0.220. The lowest BCUT2D eigenvalue weighted by Crippen LogP contribution is -2.41. The first-order chi connectivity index (χ1) is 19.3. The van der Waals surface area contributed by atoms with Gasteiger partial charge in [-0.15, -0.1) is 0 Å². The standard InChI is InChI=1S/C26H31ClN4OS.C2H6O.2CH2O/c1-5-7-22-23(14-15-24(32)31-25-18(3)8-6-9-21(25)27)33-26(30-22)29-16-28-19(4)20-12-10-17(2)11-13-20;1-3-2;2*1-2/h5-15,19,26,28-30H,16H2,1-4H3,(H,31,32);1-2H3;2*1H2/b7-5-,15-14+;;;/t19-,26?;;;/m1.../s1. The molecular weight excluding hydrogens is 548 g/mol. The van der Waals surface area contributed by atoms with E-state index in [2.05, 4.69) is 64.1 Å². The fourth-order valence-corrected chi connectivity index (χ4v) is 4.61. The van der Waals surface area contributed by atoms with Crippen LogP contribution in [0.4, 0.5) is 5.69 Å². The van der Waals surface area contributed by atoms with Gasteiger partial charge in [-0.3, -0.25) is 15.4 Å². The first-order valence-corrected chi connectivity index (χ1v) is 13.6. The number of allylic oxidation sites excluding steroid dienone is 3. The van der Waals surface area contributed by atoms with E-state index in [1.165, 1.54) is 17.2 Å². The number of nitrogens with one attached hydrogen (secondary N) is 4. The van der Waals surface area contributed by atoms with E-state index in [1.807, 2.05) is 57.8 Å². The van der Waals surface area contributed by atoms with Gasteiger partial charge in [0.2, 0.25) is 5.91 Å². The second kappa shape index (κ2) is 21.6. The first-order valence-electron chi connectivity index (χ1n) is 12.3. The van der Waals surface area contributed by atoms with Gasteiger partial charge in [0.25, 0.3) is 0 Å². The molecule has 0 spiro atoms. The number of hydrogen-bond donors (Lipinski definition) is 4. The van der Waals surface area contributed by atoms with E-state index in [-0.39, 0.29) is 17.4 Å². The second-order valence-electron chi connectivity index (χ2n) is 8.30. The third-order valence-corrected chi connectivity index (χ3v) is 6.70. The van der Waals surface area contributed by atoms with Gasteiger partial charge in [0, 0.05) is 43.6 Å². The molecule has 1 aliphatic rings. The van der Waals surface area contributed by atoms with Crippen LogP contribution < -0.4 is 21.3 Å². The summed E-state index contributed by atoms with van der Waals surface area (Å²) in [6.07, 6.45) is 7.35. The predicted molar refractivity (Wildman–Crippen MR) is 168 cm³/mol. The van der Waals surface area contributed by atoms with Crippen molar-refractivity contribution < 1.29 is 19.1 Å². The third-order valence-electron chi connectivity index (χ3n) is 5.26. The molecule has 2 atom stereocenters. The second-order valence-corrected chi connectivity index (χ2v) is 9.85. The van der Waals surface area contributed by atoms with Gasteiger partial charge < -0.3 is 25.0 Å². The van der Waals surface area contributed by atoms with Crippen LogP contribution in [-0.4, -0.2) is 45.9 Å². The van der Waals surface area contributed by atoms with Crippen molar-refractivity contribution in [1.82, 2.24) is 16.0 Å². The summed E-state index contributed by atoms with van der Waals surface area (Å²) in [5, 5.41) is 13.8. The topological polar surface area (TPSA) is 109 Å². The number of thioether (sulfide) groups is 1. The number of hydrogen-bond acceptors (Lipinski definition) is 8. The molecule has 1 amide bonds. The Labute approximate surface area is 247 Å². The molecule has 218 valence electrons. The number of anilines is 1. The molecule has 0 saturated heterocycles. The molecule has 4 N–H and O–H groups in total. The van der Waals surface area contributed by atoms with Crippen molar-refractivity contribution in [1.29, 1.82) is 0 Å². The number of rotatable bonds is 9. The summed E-state index contributed by atoms with van der Waals surface area (Å²) in [7, 11) is 3.25. The Morgan fingerprint density at radius 1 is 1.10 bits per heavy atom. The Morgan fingerprint density at radius 3 is 2.30 bits per heavy atom. The van der Waals surface area contributed by atoms with Crippen molar-refractivity contribution >= 4 is 48.5 Å². The van der Waals surface area contributed by atoms with Crippen molar-refractivity contribution in [3.8, 4) is 0 Å². The van der Waals surface area contributed by atoms with Crippen molar-refractivity contribution in [3.05, 3.63) is 99.1 Å². The summed E-state index contributed by atoms with van der Waals surface area (Å²) in [6, 6.07) is 14.3. The summed E-state index contributed by atoms with van der Waals surface area (Å²) in [5.41, 5.74) is 5.06. The zero-order valence-electron chi connectivity index (χ0n) is 24.0. The zero-order valence-corrected chi connectivity index (χ0v) is 25.6. The highest BCUT2D eigenvalue weighted by atomic mass is 35.5. The van der Waals surface area contributed by atoms with Gasteiger partial charge >= 0.3 is 0 Å². The molecule has 3 rings (SSSR count). The maximum Gasteiger partial charge on any atom is 0.248 e. The Bertz CT molecular complexity index is 1100. The molecule has 0 radical (unpaired) electrons. The van der Waals surface area contributed by atoms with Crippen molar-refractivity contribution in [2.45, 2.75) is 39.2 Å². The van der Waals surface area contributed by atoms with E-state index in [1.54, 1.807) is 32.0 Å². The van der Waals surface area contributed by atoms with E-state index in [4.69, 9.17) is 21.2 Å². The van der Waals surface area contributed by atoms with Gasteiger partial charge in [0.15, 0.2) is 0 Å². The molecule has 10 heteroatoms. The molecule has 8 nitrogen and oxygen atoms in total. The normalized spacial score (nSPS) is 14.7. The highest BCUT2D eigenvalue weighted by Gasteiger charge is 2.21. The molecule has 2 aromatic rings. The van der Waals surface area contributed by atoms with Crippen LogP contribution in [0.3, 0.4) is 0 Å². The van der Waals surface area contributed by atoms with Gasteiger partial charge in [-0.2, -0.15) is 0 Å². The van der Waals surface area contributed by atoms with Crippen molar-refractivity contribution in [3.63, 3.8) is 0 Å². The number of halogens is 1. The highest BCUT2D eigenvalue weighted by Crippen LogP contribution is 2.31. The lowest BCUT2D eigenvalue weighted by Gasteiger charge is -2.18. The average molecular weight is 589 g/mol. The molecule has 40 heavy (non-hydrogen) atoms. The number of carbonyl (C=O) groups is 3. The number of methoxy groups -OCH3 is 1. The van der Waals surface area contributed by atoms with E-state index in [0.29, 0.717) is 17.4 Å². The monoisotopic (exact) mass is 588 g/mol. The fraction of sp³-hybridized carbons (Fsp3) is 0.300. The van der Waals surface area contributed by atoms with Gasteiger partial charge in [-0.05, 0) is 57.0 Å². The summed E-state index contributed by atoms with van der Waals surface area (Å²) >= 11 is 7.85. The van der Waals surface area contributed by atoms with Gasteiger partial charge in [-0.1, -0.05) is 71.4 Å². The molecule has 0 bridgehead atoms. The number of carbonyl (C=O) groups excluding carboxylic acids is 3. The summed E-state index contributed by atoms with van der Waals surface area (Å²) in [4.78, 5) is 29.5. The molecule has 1 aliphatic heterocycles. The Morgan fingerprint density at radius 2 is 1.73 bits per heavy atom. The summed E-state index contributed by atoms with van der Waals surface area (Å²) in [5.74, 6) is -0.218. The van der Waals surface area contributed by atoms with Crippen LogP contribution in [0.1, 0.15) is 36.6 Å². The number of aryl methyl sites for hydroxylation is 2. The van der Waals surface area contributed by atoms with Gasteiger partial charge in [-0.25, -0.2) is 0 Å². The minimum atomic E-state index is -0.218. The fourth-order valence-electron chi connectivity index (χ4n) is 3.34. The molecule has 0 saturated carbocycles. The minimum Gasteiger partial charge on any atom is -0.388 e. The number of para-hydroxylation sites is 1. The Balaban J connectivity index is 0.00000199. The Kier molecular flexibility index (Phi) is 19.9. The molecule has 0 aliphatic carbocycles. The largest absolute Gasteiger partial charge is 0.388 e. The van der Waals surface area contributed by atoms with E-state index in [0.717, 1.165) is 16.2 Å². The van der Waals surface area contributed by atoms with Crippen LogP contribution in [0.15, 0.2) is 77.4 Å². The predicted octanol–water partition coefficient (Wildman–Crippen LogP) is 5.65. The van der Waals surface area contributed by atoms with Gasteiger partial charge in [0.05, 0.1) is 10.7 Å². The molecule has 0 fully saturated rings. The van der Waals surface area contributed by atoms with Crippen molar-refractivity contribution in [2.75, 3.05) is 26.2 Å². The summed E-state index contributed by atoms with van der Waals surface area (Å²) in [6.45, 7) is 12.8. The summed E-state index contributed by atoms with van der Waals surface area (Å²) < 4.78 is 4.25. The van der Waals surface area contributed by atoms with E-state index >= 15 is 0 Å². The third kappa shape index (κ3) is 13.2. The lowest BCUT2D eigenvalue weighted by atomic mass is 10.1. The minimum absolute atomic E-state index is 0.00226. The molecule has 0 aromatic heterocycles. The van der Waals surface area contributed by atoms with Crippen molar-refractivity contribution in [2.24, 2.45) is 0 Å². The smallest absolute Gasteiger partial charge is 0.248 e. The molecule has 2 aromatic carbocycles. The van der Waals surface area contributed by atoms with E-state index < -0.39 is 0 Å². The van der Waals surface area contributed by atoms with Crippen LogP contribution in [0.5, 0.6) is 0 Å². The van der Waals surface area contributed by atoms with Crippen LogP contribution in [-0.2, 0) is 19.1 Å². The maximum atomic E-state index is 12.5. The van der Waals surface area contributed by atoms with Crippen LogP contribution in [0.2, 0.25) is 5.02 Å². The number of amides is 1. The van der Waals surface area contributed by atoms with Gasteiger partial charge in [0.1, 0.15) is 19.1 Å². The molecular formula is C30H41ClN4O4S. The zero-order chi connectivity index (χ0) is 30.5. The van der Waals surface area contributed by atoms with Crippen LogP contribution >= 0.6 is 23.4 Å². The Hall–Kier alpha value is -3.21. The van der Waals surface area contributed by atoms with E-state index in [9.17, 15) is 4.79 Å². The van der Waals surface area contributed by atoms with Crippen LogP contribution in [0.25, 0.3) is 0 Å². The molecule has 1 unspecified atom stereocenters.